The smallest absolute Gasteiger partial charge is 0.340 e. The Kier molecular flexibility index (Phi) is 8.66. The van der Waals surface area contributed by atoms with E-state index in [1.54, 1.807) is 0 Å². The molecule has 4 fully saturated rings. The number of hydrogen-bond donors (Lipinski definition) is 2. The molecule has 4 heterocycles. The lowest BCUT2D eigenvalue weighted by atomic mass is 9.44. The molecule has 8 heteroatoms. The van der Waals surface area contributed by atoms with Gasteiger partial charge in [-0.3, -0.25) is 0 Å². The molecular weight excluding hydrogens is 649 g/mol. The van der Waals surface area contributed by atoms with Crippen molar-refractivity contribution in [1.29, 1.82) is 0 Å². The lowest BCUT2D eigenvalue weighted by Gasteiger charge is -2.56. The highest BCUT2D eigenvalue weighted by Gasteiger charge is 2.68. The van der Waals surface area contributed by atoms with Gasteiger partial charge in [0.05, 0.1) is 22.7 Å². The van der Waals surface area contributed by atoms with Gasteiger partial charge >= 0.3 is 11.9 Å². The minimum absolute atomic E-state index is 0.0577. The van der Waals surface area contributed by atoms with E-state index >= 15 is 0 Å². The van der Waals surface area contributed by atoms with Crippen LogP contribution < -0.4 is 10.6 Å². The maximum atomic E-state index is 14.4. The van der Waals surface area contributed by atoms with Crippen LogP contribution >= 0.6 is 21.6 Å². The number of ether oxygens (including phenoxy) is 2. The van der Waals surface area contributed by atoms with Crippen molar-refractivity contribution in [1.82, 2.24) is 10.6 Å². The molecule has 7 bridgehead atoms. The fourth-order valence-electron chi connectivity index (χ4n) is 11.8. The second-order valence-electron chi connectivity index (χ2n) is 16.4. The van der Waals surface area contributed by atoms with Gasteiger partial charge in [-0.25, -0.2) is 9.59 Å². The summed E-state index contributed by atoms with van der Waals surface area (Å²) >= 11 is 0. The van der Waals surface area contributed by atoms with Crippen LogP contribution in [-0.4, -0.2) is 30.1 Å². The second-order valence-corrected chi connectivity index (χ2v) is 18.9. The molecule has 10 aliphatic rings. The SMILES string of the molecule is CCC1(C=C2OC(=O)C3=C2CCC2C4CCC5(C6=CCC(C7CCCCC7)CSSCNC7=CC(=CCN7)CC4=C5C(=O)O6)C32)CCCC1. The Morgan fingerprint density at radius 1 is 0.918 bits per heavy atom. The number of allylic oxidation sites excluding steroid dienone is 7. The molecule has 6 nitrogen and oxygen atoms in total. The fraction of sp³-hybridized carbons (Fsp3) is 0.659. The van der Waals surface area contributed by atoms with E-state index in [0.29, 0.717) is 17.8 Å². The number of rotatable bonds is 3. The van der Waals surface area contributed by atoms with Crippen LogP contribution in [0.15, 0.2) is 69.5 Å². The van der Waals surface area contributed by atoms with Gasteiger partial charge in [0.1, 0.15) is 11.5 Å². The Labute approximate surface area is 299 Å². The first-order valence-electron chi connectivity index (χ1n) is 19.5. The third-order valence-corrected chi connectivity index (χ3v) is 16.5. The molecule has 2 N–H and O–H groups in total. The first kappa shape index (κ1) is 32.6. The van der Waals surface area contributed by atoms with Gasteiger partial charge in [0, 0.05) is 29.4 Å². The summed E-state index contributed by atoms with van der Waals surface area (Å²) in [5, 5.41) is 7.17. The summed E-state index contributed by atoms with van der Waals surface area (Å²) in [6.07, 6.45) is 27.3. The van der Waals surface area contributed by atoms with Crippen molar-refractivity contribution in [2.24, 2.45) is 40.4 Å². The first-order valence-corrected chi connectivity index (χ1v) is 22.0. The predicted molar refractivity (Wildman–Crippen MR) is 196 cm³/mol. The normalized spacial score (nSPS) is 36.7. The van der Waals surface area contributed by atoms with Gasteiger partial charge in [-0.05, 0) is 111 Å². The van der Waals surface area contributed by atoms with Gasteiger partial charge in [0.2, 0.25) is 0 Å². The summed E-state index contributed by atoms with van der Waals surface area (Å²) in [6, 6.07) is 0. The Morgan fingerprint density at radius 2 is 1.78 bits per heavy atom. The topological polar surface area (TPSA) is 76.7 Å². The highest BCUT2D eigenvalue weighted by Crippen LogP contribution is 2.71. The average Bonchev–Trinajstić information content (AvgIpc) is 3.81. The predicted octanol–water partition coefficient (Wildman–Crippen LogP) is 9.16. The van der Waals surface area contributed by atoms with Gasteiger partial charge < -0.3 is 20.1 Å². The standard InChI is InChI=1S/C41H52N2O4S2/c1-2-40(16-6-7-17-40)22-32-30-12-11-29-28-14-18-41(36(29)35(30)38(44)46-32)33-13-10-27(26-8-4-3-5-9-26)23-48-49-24-43-34-21-25(15-19-42-34)20-31(28)37(41)39(45)47-33/h13,15,21-22,26-29,36,42-43H,2-12,14,16-20,23-24H2,1H3. The molecule has 262 valence electrons. The number of esters is 2. The molecule has 5 unspecified atom stereocenters. The van der Waals surface area contributed by atoms with E-state index < -0.39 is 5.41 Å². The lowest BCUT2D eigenvalue weighted by molar-refractivity contribution is -0.135. The van der Waals surface area contributed by atoms with E-state index in [0.717, 1.165) is 97.2 Å². The Bertz CT molecular complexity index is 1610. The van der Waals surface area contributed by atoms with Gasteiger partial charge in [-0.2, -0.15) is 0 Å². The largest absolute Gasteiger partial charge is 0.427 e. The summed E-state index contributed by atoms with van der Waals surface area (Å²) in [7, 11) is 3.89. The molecule has 4 aliphatic heterocycles. The van der Waals surface area contributed by atoms with E-state index in [4.69, 9.17) is 9.47 Å². The number of nitrogens with one attached hydrogen (secondary N) is 2. The van der Waals surface area contributed by atoms with E-state index in [2.05, 4.69) is 41.9 Å². The van der Waals surface area contributed by atoms with Crippen LogP contribution in [0.5, 0.6) is 0 Å². The van der Waals surface area contributed by atoms with Crippen molar-refractivity contribution < 1.29 is 19.1 Å². The number of carbonyl (C=O) groups is 2. The summed E-state index contributed by atoms with van der Waals surface area (Å²) in [6.45, 7) is 3.07. The van der Waals surface area contributed by atoms with Gasteiger partial charge in [-0.15, -0.1) is 0 Å². The second kappa shape index (κ2) is 13.0. The fourth-order valence-corrected chi connectivity index (χ4v) is 14.0. The monoisotopic (exact) mass is 700 g/mol. The number of cyclic esters (lactones) is 1. The summed E-state index contributed by atoms with van der Waals surface area (Å²) < 4.78 is 12.8. The van der Waals surface area contributed by atoms with Crippen molar-refractivity contribution in [2.75, 3.05) is 18.2 Å². The molecule has 0 aromatic carbocycles. The Morgan fingerprint density at radius 3 is 2.61 bits per heavy atom. The zero-order valence-electron chi connectivity index (χ0n) is 29.1. The van der Waals surface area contributed by atoms with E-state index in [9.17, 15) is 9.59 Å². The maximum absolute atomic E-state index is 14.4. The molecule has 49 heavy (non-hydrogen) atoms. The highest BCUT2D eigenvalue weighted by atomic mass is 33.1. The lowest BCUT2D eigenvalue weighted by Crippen LogP contribution is -2.52. The van der Waals surface area contributed by atoms with Gasteiger partial charge in [-0.1, -0.05) is 85.1 Å². The van der Waals surface area contributed by atoms with Crippen LogP contribution in [0.1, 0.15) is 110 Å². The van der Waals surface area contributed by atoms with Crippen LogP contribution in [0.4, 0.5) is 0 Å². The maximum Gasteiger partial charge on any atom is 0.340 e. The molecule has 0 aromatic heterocycles. The van der Waals surface area contributed by atoms with Crippen molar-refractivity contribution >= 4 is 33.5 Å². The summed E-state index contributed by atoms with van der Waals surface area (Å²) in [5.41, 5.74) is 5.02. The molecule has 10 rings (SSSR count). The minimum atomic E-state index is -0.578. The summed E-state index contributed by atoms with van der Waals surface area (Å²) in [4.78, 5) is 28.6. The molecule has 0 radical (unpaired) electrons. The van der Waals surface area contributed by atoms with Crippen LogP contribution in [0.2, 0.25) is 0 Å². The van der Waals surface area contributed by atoms with Crippen molar-refractivity contribution in [3.8, 4) is 0 Å². The van der Waals surface area contributed by atoms with E-state index in [-0.39, 0.29) is 29.2 Å². The number of dihydropyridines is 1. The van der Waals surface area contributed by atoms with Crippen LogP contribution in [0, 0.1) is 40.4 Å². The third kappa shape index (κ3) is 5.43. The zero-order valence-corrected chi connectivity index (χ0v) is 30.7. The third-order valence-electron chi connectivity index (χ3n) is 14.2. The molecule has 3 saturated carbocycles. The molecule has 0 amide bonds. The number of fused-ring (bicyclic) bond motifs is 2. The molecule has 1 spiro atoms. The van der Waals surface area contributed by atoms with Gasteiger partial charge in [0.15, 0.2) is 0 Å². The van der Waals surface area contributed by atoms with Gasteiger partial charge in [0.25, 0.3) is 0 Å². The molecule has 5 atom stereocenters. The van der Waals surface area contributed by atoms with Crippen molar-refractivity contribution in [3.05, 3.63) is 69.5 Å². The average molecular weight is 701 g/mol. The quantitative estimate of drug-likeness (QED) is 0.223. The molecule has 0 aromatic rings. The molecular formula is C41H52N2O4S2. The van der Waals surface area contributed by atoms with E-state index in [1.807, 2.05) is 21.6 Å². The van der Waals surface area contributed by atoms with Crippen LogP contribution in [0.3, 0.4) is 0 Å². The highest BCUT2D eigenvalue weighted by molar-refractivity contribution is 8.76. The first-order chi connectivity index (χ1) is 24.0. The van der Waals surface area contributed by atoms with E-state index in [1.165, 1.54) is 68.9 Å². The minimum Gasteiger partial charge on any atom is -0.427 e. The van der Waals surface area contributed by atoms with Crippen LogP contribution in [0.25, 0.3) is 0 Å². The number of hydrogen-bond acceptors (Lipinski definition) is 8. The van der Waals surface area contributed by atoms with Crippen molar-refractivity contribution in [2.45, 2.75) is 110 Å². The Balaban J connectivity index is 1.18. The van der Waals surface area contributed by atoms with Crippen molar-refractivity contribution in [3.63, 3.8) is 0 Å². The Hall–Kier alpha value is -2.32. The molecule has 6 aliphatic carbocycles. The summed E-state index contributed by atoms with van der Waals surface area (Å²) in [5.74, 6) is 6.20. The molecule has 1 saturated heterocycles. The number of carbonyl (C=O) groups excluding carboxylic acids is 2. The van der Waals surface area contributed by atoms with Crippen LogP contribution in [-0.2, 0) is 19.1 Å². The zero-order chi connectivity index (χ0) is 33.2.